The molecule has 154 valence electrons. The first kappa shape index (κ1) is 20.6. The minimum absolute atomic E-state index is 0.113. The first-order chi connectivity index (χ1) is 13.6. The van der Waals surface area contributed by atoms with Crippen LogP contribution >= 0.6 is 0 Å². The number of hydrogen-bond acceptors (Lipinski definition) is 4. The third kappa shape index (κ3) is 4.33. The number of halogens is 3. The minimum Gasteiger partial charge on any atom is -0.491 e. The van der Waals surface area contributed by atoms with Gasteiger partial charge in [0.2, 0.25) is 0 Å². The quantitative estimate of drug-likeness (QED) is 0.700. The van der Waals surface area contributed by atoms with Crippen LogP contribution in [0.5, 0.6) is 5.75 Å². The molecule has 6 nitrogen and oxygen atoms in total. The number of hydrogen-bond donors (Lipinski definition) is 1. The molecule has 1 atom stereocenters. The molecule has 9 heteroatoms. The van der Waals surface area contributed by atoms with Gasteiger partial charge in [0.05, 0.1) is 28.2 Å². The maximum absolute atomic E-state index is 13.1. The summed E-state index contributed by atoms with van der Waals surface area (Å²) in [4.78, 5) is 17.2. The number of amides is 1. The zero-order valence-electron chi connectivity index (χ0n) is 16.5. The van der Waals surface area contributed by atoms with Gasteiger partial charge >= 0.3 is 6.18 Å². The number of ether oxygens (including phenoxy) is 1. The first-order valence-electron chi connectivity index (χ1n) is 8.98. The highest BCUT2D eigenvalue weighted by Crippen LogP contribution is 2.35. The minimum atomic E-state index is -4.51. The van der Waals surface area contributed by atoms with Crippen molar-refractivity contribution in [3.8, 4) is 5.75 Å². The average Bonchev–Trinajstić information content (AvgIpc) is 2.92. The van der Waals surface area contributed by atoms with E-state index in [1.165, 1.54) is 18.2 Å². The maximum atomic E-state index is 13.1. The monoisotopic (exact) mass is 406 g/mol. The zero-order valence-corrected chi connectivity index (χ0v) is 16.5. The van der Waals surface area contributed by atoms with Crippen molar-refractivity contribution in [3.05, 3.63) is 52.8 Å². The Kier molecular flexibility index (Phi) is 5.50. The molecule has 29 heavy (non-hydrogen) atoms. The number of alkyl halides is 3. The Hall–Kier alpha value is -3.10. The normalized spacial score (nSPS) is 12.8. The second-order valence-corrected chi connectivity index (χ2v) is 6.90. The summed E-state index contributed by atoms with van der Waals surface area (Å²) in [6.45, 7) is 5.11. The number of aryl methyl sites for hydroxylation is 3. The summed E-state index contributed by atoms with van der Waals surface area (Å²) >= 11 is 0. The third-order valence-corrected chi connectivity index (χ3v) is 4.40. The summed E-state index contributed by atoms with van der Waals surface area (Å²) in [5, 5.41) is 7.72. The van der Waals surface area contributed by atoms with Crippen molar-refractivity contribution in [2.75, 3.05) is 6.61 Å². The van der Waals surface area contributed by atoms with Gasteiger partial charge in [0.15, 0.2) is 5.65 Å². The number of benzene rings is 1. The molecule has 1 unspecified atom stereocenters. The van der Waals surface area contributed by atoms with Gasteiger partial charge < -0.3 is 10.1 Å². The van der Waals surface area contributed by atoms with Crippen molar-refractivity contribution in [2.45, 2.75) is 33.0 Å². The Morgan fingerprint density at radius 1 is 1.28 bits per heavy atom. The molecule has 0 fully saturated rings. The van der Waals surface area contributed by atoms with E-state index in [9.17, 15) is 18.0 Å². The van der Waals surface area contributed by atoms with E-state index < -0.39 is 17.8 Å². The van der Waals surface area contributed by atoms with E-state index in [4.69, 9.17) is 4.74 Å². The number of fused-ring (bicyclic) bond motifs is 1. The second-order valence-electron chi connectivity index (χ2n) is 6.90. The average molecular weight is 406 g/mol. The molecule has 1 amide bonds. The Morgan fingerprint density at radius 3 is 2.66 bits per heavy atom. The number of para-hydroxylation sites is 1. The van der Waals surface area contributed by atoms with Crippen LogP contribution in [0.25, 0.3) is 11.0 Å². The molecule has 3 aromatic rings. The van der Waals surface area contributed by atoms with Crippen molar-refractivity contribution in [1.82, 2.24) is 20.1 Å². The largest absolute Gasteiger partial charge is 0.491 e. The fourth-order valence-electron chi connectivity index (χ4n) is 3.13. The number of nitrogens with zero attached hydrogens (tertiary/aromatic N) is 3. The van der Waals surface area contributed by atoms with Gasteiger partial charge in [-0.25, -0.2) is 4.98 Å². The topological polar surface area (TPSA) is 69.0 Å². The van der Waals surface area contributed by atoms with E-state index in [1.54, 1.807) is 38.6 Å². The van der Waals surface area contributed by atoms with E-state index in [1.807, 2.05) is 0 Å². The molecule has 0 radical (unpaired) electrons. The van der Waals surface area contributed by atoms with Crippen molar-refractivity contribution in [2.24, 2.45) is 7.05 Å². The Bertz CT molecular complexity index is 1060. The molecule has 1 N–H and O–H groups in total. The number of carbonyl (C=O) groups excluding carboxylic acids is 1. The molecule has 2 heterocycles. The molecule has 2 aromatic heterocycles. The molecule has 0 bridgehead atoms. The molecule has 0 aliphatic rings. The predicted molar refractivity (Wildman–Crippen MR) is 102 cm³/mol. The summed E-state index contributed by atoms with van der Waals surface area (Å²) in [6.07, 6.45) is -4.51. The smallest absolute Gasteiger partial charge is 0.419 e. The zero-order chi connectivity index (χ0) is 21.3. The van der Waals surface area contributed by atoms with Crippen molar-refractivity contribution in [3.63, 3.8) is 0 Å². The van der Waals surface area contributed by atoms with E-state index >= 15 is 0 Å². The Morgan fingerprint density at radius 2 is 1.97 bits per heavy atom. The summed E-state index contributed by atoms with van der Waals surface area (Å²) in [5.74, 6) is -0.636. The molecule has 1 aromatic carbocycles. The lowest BCUT2D eigenvalue weighted by Crippen LogP contribution is -2.37. The van der Waals surface area contributed by atoms with Crippen LogP contribution < -0.4 is 10.1 Å². The molecule has 0 aliphatic carbocycles. The van der Waals surface area contributed by atoms with Crippen molar-refractivity contribution in [1.29, 1.82) is 0 Å². The Balaban J connectivity index is 1.75. The highest BCUT2D eigenvalue weighted by atomic mass is 19.4. The number of aromatic nitrogens is 3. The van der Waals surface area contributed by atoms with E-state index in [2.05, 4.69) is 15.4 Å². The van der Waals surface area contributed by atoms with Crippen LogP contribution in [0.1, 0.15) is 34.2 Å². The third-order valence-electron chi connectivity index (χ3n) is 4.40. The van der Waals surface area contributed by atoms with Crippen LogP contribution in [0.4, 0.5) is 13.2 Å². The van der Waals surface area contributed by atoms with Gasteiger partial charge in [-0.05, 0) is 39.0 Å². The van der Waals surface area contributed by atoms with E-state index in [0.717, 1.165) is 6.07 Å². The molecule has 0 saturated carbocycles. The summed E-state index contributed by atoms with van der Waals surface area (Å²) in [6, 6.07) is 6.12. The fraction of sp³-hybridized carbons (Fsp3) is 0.350. The summed E-state index contributed by atoms with van der Waals surface area (Å²) in [7, 11) is 1.75. The number of carbonyl (C=O) groups is 1. The van der Waals surface area contributed by atoms with Crippen molar-refractivity contribution < 1.29 is 22.7 Å². The molecular formula is C20H21F3N4O2. The standard InChI is InChI=1S/C20H21F3N4O2/c1-11-9-14(17-13(3)26-27(4)18(17)24-11)19(28)25-12(2)10-29-16-8-6-5-7-15(16)20(21,22)23/h5-9,12H,10H2,1-4H3,(H,25,28). The SMILES string of the molecule is Cc1cc(C(=O)NC(C)COc2ccccc2C(F)(F)F)c2c(C)nn(C)c2n1. The van der Waals surface area contributed by atoms with Crippen molar-refractivity contribution >= 4 is 16.9 Å². The molecule has 0 spiro atoms. The predicted octanol–water partition coefficient (Wildman–Crippen LogP) is 3.80. The van der Waals surface area contributed by atoms with Crippen LogP contribution in [0.2, 0.25) is 0 Å². The van der Waals surface area contributed by atoms with Crippen LogP contribution in [-0.4, -0.2) is 33.3 Å². The molecule has 3 rings (SSSR count). The van der Waals surface area contributed by atoms with Gasteiger partial charge in [-0.1, -0.05) is 12.1 Å². The summed E-state index contributed by atoms with van der Waals surface area (Å²) < 4.78 is 46.1. The number of pyridine rings is 1. The van der Waals surface area contributed by atoms with Gasteiger partial charge in [-0.15, -0.1) is 0 Å². The van der Waals surface area contributed by atoms with Crippen LogP contribution in [0.3, 0.4) is 0 Å². The molecule has 0 aliphatic heterocycles. The van der Waals surface area contributed by atoms with Gasteiger partial charge in [0.25, 0.3) is 5.91 Å². The molecule has 0 saturated heterocycles. The maximum Gasteiger partial charge on any atom is 0.419 e. The van der Waals surface area contributed by atoms with Gasteiger partial charge in [-0.2, -0.15) is 18.3 Å². The lowest BCUT2D eigenvalue weighted by molar-refractivity contribution is -0.139. The van der Waals surface area contributed by atoms with E-state index in [-0.39, 0.29) is 18.3 Å². The molecular weight excluding hydrogens is 385 g/mol. The van der Waals surface area contributed by atoms with E-state index in [0.29, 0.717) is 28.0 Å². The highest BCUT2D eigenvalue weighted by Gasteiger charge is 2.34. The highest BCUT2D eigenvalue weighted by molar-refractivity contribution is 6.06. The van der Waals surface area contributed by atoms with Gasteiger partial charge in [-0.3, -0.25) is 9.48 Å². The Labute approximate surface area is 165 Å². The number of rotatable bonds is 5. The number of nitrogens with one attached hydrogen (secondary N) is 1. The van der Waals surface area contributed by atoms with Crippen LogP contribution in [-0.2, 0) is 13.2 Å². The lowest BCUT2D eigenvalue weighted by Gasteiger charge is -2.18. The first-order valence-corrected chi connectivity index (χ1v) is 8.98. The second kappa shape index (κ2) is 7.73. The van der Waals surface area contributed by atoms with Gasteiger partial charge in [0.1, 0.15) is 12.4 Å². The fourth-order valence-corrected chi connectivity index (χ4v) is 3.13. The lowest BCUT2D eigenvalue weighted by atomic mass is 10.1. The van der Waals surface area contributed by atoms with Gasteiger partial charge in [0, 0.05) is 12.7 Å². The van der Waals surface area contributed by atoms with Crippen LogP contribution in [0.15, 0.2) is 30.3 Å². The summed E-state index contributed by atoms with van der Waals surface area (Å²) in [5.41, 5.74) is 1.49. The van der Waals surface area contributed by atoms with Crippen LogP contribution in [0, 0.1) is 13.8 Å².